The molecule has 3 heteroatoms. The van der Waals surface area contributed by atoms with Gasteiger partial charge in [-0.05, 0) is 57.4 Å². The predicted octanol–water partition coefficient (Wildman–Crippen LogP) is 3.90. The first-order valence-electron chi connectivity index (χ1n) is 7.95. The quantitative estimate of drug-likeness (QED) is 0.878. The minimum Gasteiger partial charge on any atom is -0.481 e. The SMILES string of the molecule is Cc1cccc(OC(C)C(=O)NC(C)(C)Cc2ccccc2)c1. The van der Waals surface area contributed by atoms with Gasteiger partial charge in [-0.3, -0.25) is 4.79 Å². The van der Waals surface area contributed by atoms with Gasteiger partial charge in [0.1, 0.15) is 5.75 Å². The molecule has 0 aliphatic carbocycles. The van der Waals surface area contributed by atoms with Crippen molar-refractivity contribution in [3.8, 4) is 5.75 Å². The minimum absolute atomic E-state index is 0.104. The molecule has 2 rings (SSSR count). The van der Waals surface area contributed by atoms with Crippen LogP contribution in [0.2, 0.25) is 0 Å². The van der Waals surface area contributed by atoms with Crippen molar-refractivity contribution in [2.24, 2.45) is 0 Å². The maximum Gasteiger partial charge on any atom is 0.261 e. The number of carbonyl (C=O) groups is 1. The van der Waals surface area contributed by atoms with E-state index in [0.29, 0.717) is 5.75 Å². The van der Waals surface area contributed by atoms with Crippen LogP contribution in [-0.4, -0.2) is 17.6 Å². The first-order valence-corrected chi connectivity index (χ1v) is 7.95. The van der Waals surface area contributed by atoms with Crippen LogP contribution < -0.4 is 10.1 Å². The first kappa shape index (κ1) is 17.1. The zero-order valence-electron chi connectivity index (χ0n) is 14.3. The molecule has 1 atom stereocenters. The average Bonchev–Trinajstić information content (AvgIpc) is 2.47. The first-order chi connectivity index (χ1) is 10.9. The van der Waals surface area contributed by atoms with Crippen LogP contribution in [0.5, 0.6) is 5.75 Å². The monoisotopic (exact) mass is 311 g/mol. The zero-order valence-corrected chi connectivity index (χ0v) is 14.3. The molecular weight excluding hydrogens is 286 g/mol. The second kappa shape index (κ2) is 7.32. The van der Waals surface area contributed by atoms with Crippen molar-refractivity contribution in [3.05, 3.63) is 65.7 Å². The van der Waals surface area contributed by atoms with Gasteiger partial charge in [-0.1, -0.05) is 42.5 Å². The lowest BCUT2D eigenvalue weighted by molar-refractivity contribution is -0.128. The summed E-state index contributed by atoms with van der Waals surface area (Å²) in [6, 6.07) is 17.9. The molecule has 0 spiro atoms. The molecule has 2 aromatic rings. The number of benzene rings is 2. The molecule has 0 aromatic heterocycles. The second-order valence-corrected chi connectivity index (χ2v) is 6.61. The Labute approximate surface area is 138 Å². The highest BCUT2D eigenvalue weighted by Gasteiger charge is 2.24. The number of hydrogen-bond acceptors (Lipinski definition) is 2. The average molecular weight is 311 g/mol. The van der Waals surface area contributed by atoms with Crippen LogP contribution in [-0.2, 0) is 11.2 Å². The van der Waals surface area contributed by atoms with Crippen molar-refractivity contribution in [2.45, 2.75) is 45.8 Å². The number of carbonyl (C=O) groups excluding carboxylic acids is 1. The summed E-state index contributed by atoms with van der Waals surface area (Å²) in [6.45, 7) is 7.82. The minimum atomic E-state index is -0.535. The second-order valence-electron chi connectivity index (χ2n) is 6.61. The summed E-state index contributed by atoms with van der Waals surface area (Å²) < 4.78 is 5.74. The van der Waals surface area contributed by atoms with Gasteiger partial charge < -0.3 is 10.1 Å². The van der Waals surface area contributed by atoms with Crippen LogP contribution >= 0.6 is 0 Å². The van der Waals surface area contributed by atoms with Crippen LogP contribution in [0.4, 0.5) is 0 Å². The van der Waals surface area contributed by atoms with Crippen molar-refractivity contribution in [2.75, 3.05) is 0 Å². The van der Waals surface area contributed by atoms with E-state index in [9.17, 15) is 4.79 Å². The lowest BCUT2D eigenvalue weighted by atomic mass is 9.94. The highest BCUT2D eigenvalue weighted by atomic mass is 16.5. The number of aryl methyl sites for hydroxylation is 1. The largest absolute Gasteiger partial charge is 0.481 e. The Morgan fingerprint density at radius 1 is 1.13 bits per heavy atom. The highest BCUT2D eigenvalue weighted by molar-refractivity contribution is 5.81. The molecule has 0 saturated heterocycles. The fourth-order valence-electron chi connectivity index (χ4n) is 2.53. The fraction of sp³-hybridized carbons (Fsp3) is 0.350. The summed E-state index contributed by atoms with van der Waals surface area (Å²) in [5.74, 6) is 0.612. The predicted molar refractivity (Wildman–Crippen MR) is 93.6 cm³/mol. The molecule has 0 aliphatic rings. The molecule has 0 saturated carbocycles. The standard InChI is InChI=1S/C20H25NO2/c1-15-9-8-12-18(13-15)23-16(2)19(22)21-20(3,4)14-17-10-6-5-7-11-17/h5-13,16H,14H2,1-4H3,(H,21,22). The van der Waals surface area contributed by atoms with Crippen molar-refractivity contribution in [1.82, 2.24) is 5.32 Å². The molecule has 0 heterocycles. The molecule has 122 valence electrons. The van der Waals surface area contributed by atoms with E-state index in [1.165, 1.54) is 5.56 Å². The molecule has 0 fully saturated rings. The molecule has 0 bridgehead atoms. The molecule has 3 nitrogen and oxygen atoms in total. The lowest BCUT2D eigenvalue weighted by Gasteiger charge is -2.28. The Hall–Kier alpha value is -2.29. The molecule has 0 radical (unpaired) electrons. The Kier molecular flexibility index (Phi) is 5.43. The summed E-state index contributed by atoms with van der Waals surface area (Å²) >= 11 is 0. The van der Waals surface area contributed by atoms with Crippen molar-refractivity contribution >= 4 is 5.91 Å². The third-order valence-corrected chi connectivity index (χ3v) is 3.62. The summed E-state index contributed by atoms with van der Waals surface area (Å²) in [4.78, 5) is 12.4. The van der Waals surface area contributed by atoms with E-state index in [2.05, 4.69) is 17.4 Å². The number of nitrogens with one attached hydrogen (secondary N) is 1. The maximum absolute atomic E-state index is 12.4. The third kappa shape index (κ3) is 5.44. The van der Waals surface area contributed by atoms with Gasteiger partial charge in [-0.15, -0.1) is 0 Å². The van der Waals surface area contributed by atoms with E-state index < -0.39 is 6.10 Å². The summed E-state index contributed by atoms with van der Waals surface area (Å²) in [6.07, 6.45) is 0.239. The van der Waals surface area contributed by atoms with Gasteiger partial charge >= 0.3 is 0 Å². The Morgan fingerprint density at radius 3 is 2.48 bits per heavy atom. The Morgan fingerprint density at radius 2 is 1.83 bits per heavy atom. The van der Waals surface area contributed by atoms with Crippen LogP contribution in [0, 0.1) is 6.92 Å². The van der Waals surface area contributed by atoms with Gasteiger partial charge in [-0.2, -0.15) is 0 Å². The van der Waals surface area contributed by atoms with Crippen molar-refractivity contribution in [1.29, 1.82) is 0 Å². The van der Waals surface area contributed by atoms with E-state index in [1.54, 1.807) is 6.92 Å². The third-order valence-electron chi connectivity index (χ3n) is 3.62. The Bertz CT molecular complexity index is 650. The molecule has 1 unspecified atom stereocenters. The normalized spacial score (nSPS) is 12.5. The molecule has 2 aromatic carbocycles. The highest BCUT2D eigenvalue weighted by Crippen LogP contribution is 2.16. The van der Waals surface area contributed by atoms with E-state index in [-0.39, 0.29) is 11.4 Å². The van der Waals surface area contributed by atoms with Crippen molar-refractivity contribution in [3.63, 3.8) is 0 Å². The van der Waals surface area contributed by atoms with Gasteiger partial charge in [0.15, 0.2) is 6.10 Å². The van der Waals surface area contributed by atoms with Crippen molar-refractivity contribution < 1.29 is 9.53 Å². The zero-order chi connectivity index (χ0) is 16.9. The Balaban J connectivity index is 1.94. The summed E-state index contributed by atoms with van der Waals surface area (Å²) in [7, 11) is 0. The number of amides is 1. The molecule has 1 amide bonds. The molecule has 1 N–H and O–H groups in total. The van der Waals surface area contributed by atoms with E-state index >= 15 is 0 Å². The van der Waals surface area contributed by atoms with Crippen LogP contribution in [0.1, 0.15) is 31.9 Å². The van der Waals surface area contributed by atoms with Crippen LogP contribution in [0.3, 0.4) is 0 Å². The number of rotatable bonds is 6. The summed E-state index contributed by atoms with van der Waals surface area (Å²) in [5, 5.41) is 3.08. The summed E-state index contributed by atoms with van der Waals surface area (Å²) in [5.41, 5.74) is 1.98. The van der Waals surface area contributed by atoms with Gasteiger partial charge in [0.25, 0.3) is 5.91 Å². The van der Waals surface area contributed by atoms with Gasteiger partial charge in [0.2, 0.25) is 0 Å². The molecule has 23 heavy (non-hydrogen) atoms. The van der Waals surface area contributed by atoms with Gasteiger partial charge in [0, 0.05) is 5.54 Å². The lowest BCUT2D eigenvalue weighted by Crippen LogP contribution is -2.49. The smallest absolute Gasteiger partial charge is 0.261 e. The van der Waals surface area contributed by atoms with Crippen LogP contribution in [0.15, 0.2) is 54.6 Å². The molecular formula is C20H25NO2. The van der Waals surface area contributed by atoms with Gasteiger partial charge in [0.05, 0.1) is 0 Å². The van der Waals surface area contributed by atoms with E-state index in [1.807, 2.05) is 63.2 Å². The maximum atomic E-state index is 12.4. The fourth-order valence-corrected chi connectivity index (χ4v) is 2.53. The number of hydrogen-bond donors (Lipinski definition) is 1. The topological polar surface area (TPSA) is 38.3 Å². The van der Waals surface area contributed by atoms with Crippen LogP contribution in [0.25, 0.3) is 0 Å². The molecule has 0 aliphatic heterocycles. The number of ether oxygens (including phenoxy) is 1. The van der Waals surface area contributed by atoms with E-state index in [4.69, 9.17) is 4.74 Å². The van der Waals surface area contributed by atoms with E-state index in [0.717, 1.165) is 12.0 Å². The van der Waals surface area contributed by atoms with Gasteiger partial charge in [-0.25, -0.2) is 0 Å².